The fourth-order valence-corrected chi connectivity index (χ4v) is 1.81. The van der Waals surface area contributed by atoms with Crippen LogP contribution in [-0.2, 0) is 6.18 Å². The number of phenolic OH excluding ortho intramolecular Hbond substituents is 1. The van der Waals surface area contributed by atoms with Crippen molar-refractivity contribution in [3.63, 3.8) is 0 Å². The lowest BCUT2D eigenvalue weighted by Gasteiger charge is -2.09. The summed E-state index contributed by atoms with van der Waals surface area (Å²) in [6, 6.07) is 9.63. The first kappa shape index (κ1) is 13.0. The molecule has 0 aliphatic heterocycles. The van der Waals surface area contributed by atoms with E-state index in [1.807, 2.05) is 0 Å². The molecule has 0 atom stereocenters. The highest BCUT2D eigenvalue weighted by molar-refractivity contribution is 9.10. The van der Waals surface area contributed by atoms with Gasteiger partial charge in [0.05, 0.1) is 10.0 Å². The second-order valence-corrected chi connectivity index (χ2v) is 4.60. The molecule has 18 heavy (non-hydrogen) atoms. The predicted molar refractivity (Wildman–Crippen MR) is 66.2 cm³/mol. The molecule has 0 aliphatic carbocycles. The summed E-state index contributed by atoms with van der Waals surface area (Å²) in [4.78, 5) is 0. The van der Waals surface area contributed by atoms with Crippen LogP contribution in [0.5, 0.6) is 5.75 Å². The zero-order valence-corrected chi connectivity index (χ0v) is 10.6. The van der Waals surface area contributed by atoms with E-state index in [2.05, 4.69) is 15.9 Å². The number of benzene rings is 2. The lowest BCUT2D eigenvalue weighted by Crippen LogP contribution is -2.04. The minimum absolute atomic E-state index is 0.00934. The molecule has 0 amide bonds. The van der Waals surface area contributed by atoms with Crippen molar-refractivity contribution in [2.45, 2.75) is 6.18 Å². The molecule has 2 rings (SSSR count). The summed E-state index contributed by atoms with van der Waals surface area (Å²) in [7, 11) is 0. The zero-order chi connectivity index (χ0) is 13.3. The molecule has 0 spiro atoms. The Morgan fingerprint density at radius 2 is 1.61 bits per heavy atom. The Labute approximate surface area is 110 Å². The summed E-state index contributed by atoms with van der Waals surface area (Å²) in [5.41, 5.74) is 0.233. The molecule has 0 fully saturated rings. The predicted octanol–water partition coefficient (Wildman–Crippen LogP) is 4.84. The molecule has 0 radical (unpaired) electrons. The fourth-order valence-electron chi connectivity index (χ4n) is 1.57. The standard InChI is InChI=1S/C13H8BrF3O/c14-11-5-4-9(7-12(11)18)8-2-1-3-10(6-8)13(15,16)17/h1-7,18H. The molecule has 0 aromatic heterocycles. The van der Waals surface area contributed by atoms with Crippen LogP contribution in [0.25, 0.3) is 11.1 Å². The van der Waals surface area contributed by atoms with E-state index < -0.39 is 11.7 Å². The van der Waals surface area contributed by atoms with E-state index in [4.69, 9.17) is 0 Å². The molecule has 0 unspecified atom stereocenters. The molecule has 5 heteroatoms. The van der Waals surface area contributed by atoms with Gasteiger partial charge in [-0.3, -0.25) is 0 Å². The van der Waals surface area contributed by atoms with Gasteiger partial charge in [-0.2, -0.15) is 13.2 Å². The van der Waals surface area contributed by atoms with Crippen LogP contribution < -0.4 is 0 Å². The van der Waals surface area contributed by atoms with Gasteiger partial charge in [0.15, 0.2) is 0 Å². The van der Waals surface area contributed by atoms with E-state index >= 15 is 0 Å². The molecular formula is C13H8BrF3O. The summed E-state index contributed by atoms with van der Waals surface area (Å²) in [6.07, 6.45) is -4.37. The third kappa shape index (κ3) is 2.67. The number of rotatable bonds is 1. The molecule has 1 nitrogen and oxygen atoms in total. The Balaban J connectivity index is 2.48. The average Bonchev–Trinajstić information content (AvgIpc) is 2.32. The number of alkyl halides is 3. The highest BCUT2D eigenvalue weighted by Gasteiger charge is 2.30. The van der Waals surface area contributed by atoms with Crippen LogP contribution in [-0.4, -0.2) is 5.11 Å². The Morgan fingerprint density at radius 1 is 0.944 bits per heavy atom. The third-order valence-electron chi connectivity index (χ3n) is 2.47. The summed E-state index contributed by atoms with van der Waals surface area (Å²) >= 11 is 3.12. The Hall–Kier alpha value is -1.49. The van der Waals surface area contributed by atoms with Crippen molar-refractivity contribution in [1.82, 2.24) is 0 Å². The summed E-state index contributed by atoms with van der Waals surface area (Å²) in [5, 5.41) is 9.52. The average molecular weight is 317 g/mol. The smallest absolute Gasteiger partial charge is 0.416 e. The van der Waals surface area contributed by atoms with Gasteiger partial charge in [0.2, 0.25) is 0 Å². The van der Waals surface area contributed by atoms with Crippen molar-refractivity contribution >= 4 is 15.9 Å². The van der Waals surface area contributed by atoms with Crippen molar-refractivity contribution < 1.29 is 18.3 Å². The van der Waals surface area contributed by atoms with Gasteiger partial charge >= 0.3 is 6.18 Å². The van der Waals surface area contributed by atoms with Crippen molar-refractivity contribution in [3.05, 3.63) is 52.5 Å². The first-order chi connectivity index (χ1) is 8.38. The number of phenols is 1. The van der Waals surface area contributed by atoms with E-state index in [0.717, 1.165) is 12.1 Å². The van der Waals surface area contributed by atoms with Gasteiger partial charge in [0.25, 0.3) is 0 Å². The van der Waals surface area contributed by atoms with Gasteiger partial charge in [0, 0.05) is 0 Å². The number of hydrogen-bond acceptors (Lipinski definition) is 1. The molecular weight excluding hydrogens is 309 g/mol. The van der Waals surface area contributed by atoms with E-state index in [1.165, 1.54) is 12.1 Å². The van der Waals surface area contributed by atoms with Crippen LogP contribution in [0.2, 0.25) is 0 Å². The first-order valence-corrected chi connectivity index (χ1v) is 5.83. The largest absolute Gasteiger partial charge is 0.507 e. The first-order valence-electron chi connectivity index (χ1n) is 5.04. The van der Waals surface area contributed by atoms with E-state index in [0.29, 0.717) is 15.6 Å². The van der Waals surface area contributed by atoms with Crippen LogP contribution in [0.1, 0.15) is 5.56 Å². The maximum absolute atomic E-state index is 12.6. The number of halogens is 4. The van der Waals surface area contributed by atoms with Gasteiger partial charge in [-0.05, 0) is 51.3 Å². The second-order valence-electron chi connectivity index (χ2n) is 3.74. The molecule has 2 aromatic rings. The lowest BCUT2D eigenvalue weighted by atomic mass is 10.0. The second kappa shape index (κ2) is 4.65. The molecule has 0 saturated heterocycles. The SMILES string of the molecule is Oc1cc(-c2cccc(C(F)(F)F)c2)ccc1Br. The minimum atomic E-state index is -4.37. The third-order valence-corrected chi connectivity index (χ3v) is 3.14. The minimum Gasteiger partial charge on any atom is -0.507 e. The monoisotopic (exact) mass is 316 g/mol. The van der Waals surface area contributed by atoms with Crippen LogP contribution in [0, 0.1) is 0 Å². The van der Waals surface area contributed by atoms with Crippen molar-refractivity contribution in [2.24, 2.45) is 0 Å². The molecule has 0 bridgehead atoms. The van der Waals surface area contributed by atoms with Gasteiger partial charge in [-0.15, -0.1) is 0 Å². The molecule has 0 aliphatic rings. The fraction of sp³-hybridized carbons (Fsp3) is 0.0769. The lowest BCUT2D eigenvalue weighted by molar-refractivity contribution is -0.137. The molecule has 2 aromatic carbocycles. The van der Waals surface area contributed by atoms with Gasteiger partial charge in [-0.1, -0.05) is 18.2 Å². The molecule has 94 valence electrons. The molecule has 1 N–H and O–H groups in total. The molecule has 0 heterocycles. The Morgan fingerprint density at radius 3 is 2.22 bits per heavy atom. The molecule has 0 saturated carbocycles. The Kier molecular flexibility index (Phi) is 3.34. The highest BCUT2D eigenvalue weighted by atomic mass is 79.9. The number of hydrogen-bond donors (Lipinski definition) is 1. The number of aromatic hydroxyl groups is 1. The maximum atomic E-state index is 12.6. The topological polar surface area (TPSA) is 20.2 Å². The normalized spacial score (nSPS) is 11.6. The Bertz CT molecular complexity index is 579. The summed E-state index contributed by atoms with van der Waals surface area (Å²) in [5.74, 6) is -0.00934. The highest BCUT2D eigenvalue weighted by Crippen LogP contribution is 2.34. The van der Waals surface area contributed by atoms with Gasteiger partial charge in [0.1, 0.15) is 5.75 Å². The van der Waals surface area contributed by atoms with Gasteiger partial charge < -0.3 is 5.11 Å². The van der Waals surface area contributed by atoms with Crippen LogP contribution in [0.3, 0.4) is 0 Å². The van der Waals surface area contributed by atoms with Crippen LogP contribution in [0.4, 0.5) is 13.2 Å². The van der Waals surface area contributed by atoms with E-state index in [9.17, 15) is 18.3 Å². The summed E-state index contributed by atoms with van der Waals surface area (Å²) in [6.45, 7) is 0. The van der Waals surface area contributed by atoms with E-state index in [1.54, 1.807) is 18.2 Å². The quantitative estimate of drug-likeness (QED) is 0.798. The zero-order valence-electron chi connectivity index (χ0n) is 9.00. The van der Waals surface area contributed by atoms with Crippen molar-refractivity contribution in [3.8, 4) is 16.9 Å². The van der Waals surface area contributed by atoms with Crippen molar-refractivity contribution in [2.75, 3.05) is 0 Å². The van der Waals surface area contributed by atoms with Gasteiger partial charge in [-0.25, -0.2) is 0 Å². The van der Waals surface area contributed by atoms with E-state index in [-0.39, 0.29) is 5.75 Å². The summed E-state index contributed by atoms with van der Waals surface area (Å²) < 4.78 is 38.2. The van der Waals surface area contributed by atoms with Crippen LogP contribution in [0.15, 0.2) is 46.9 Å². The maximum Gasteiger partial charge on any atom is 0.416 e. The van der Waals surface area contributed by atoms with Crippen molar-refractivity contribution in [1.29, 1.82) is 0 Å². The van der Waals surface area contributed by atoms with Crippen LogP contribution >= 0.6 is 15.9 Å².